The second-order valence-corrected chi connectivity index (χ2v) is 7.28. The van der Waals surface area contributed by atoms with Crippen molar-refractivity contribution in [3.05, 3.63) is 59.7 Å². The summed E-state index contributed by atoms with van der Waals surface area (Å²) in [6.07, 6.45) is 0.753. The van der Waals surface area contributed by atoms with E-state index < -0.39 is 18.5 Å². The van der Waals surface area contributed by atoms with Crippen LogP contribution in [0.5, 0.6) is 5.75 Å². The summed E-state index contributed by atoms with van der Waals surface area (Å²) >= 11 is 0. The first-order chi connectivity index (χ1) is 15.3. The van der Waals surface area contributed by atoms with Crippen molar-refractivity contribution in [1.82, 2.24) is 4.90 Å². The molecule has 0 unspecified atom stereocenters. The molecule has 0 aliphatic carbocycles. The Bertz CT molecular complexity index is 936. The fourth-order valence-corrected chi connectivity index (χ4v) is 2.69. The number of carbonyl (C=O) groups excluding carboxylic acids is 4. The summed E-state index contributed by atoms with van der Waals surface area (Å²) in [5.74, 6) is -0.803. The zero-order valence-corrected chi connectivity index (χ0v) is 18.6. The van der Waals surface area contributed by atoms with E-state index in [4.69, 9.17) is 9.47 Å². The van der Waals surface area contributed by atoms with Crippen LogP contribution in [0.2, 0.25) is 0 Å². The van der Waals surface area contributed by atoms with E-state index in [1.165, 1.54) is 4.90 Å². The van der Waals surface area contributed by atoms with Crippen molar-refractivity contribution in [3.63, 3.8) is 0 Å². The van der Waals surface area contributed by atoms with Crippen LogP contribution in [0.15, 0.2) is 48.5 Å². The lowest BCUT2D eigenvalue weighted by molar-refractivity contribution is -0.147. The molecule has 32 heavy (non-hydrogen) atoms. The molecule has 0 bridgehead atoms. The van der Waals surface area contributed by atoms with E-state index in [2.05, 4.69) is 5.32 Å². The molecule has 1 N–H and O–H groups in total. The zero-order valence-electron chi connectivity index (χ0n) is 18.6. The Morgan fingerprint density at radius 2 is 1.50 bits per heavy atom. The van der Waals surface area contributed by atoms with Crippen molar-refractivity contribution < 1.29 is 28.7 Å². The first kappa shape index (κ1) is 24.6. The summed E-state index contributed by atoms with van der Waals surface area (Å²) in [5, 5.41) is 2.58. The number of esters is 1. The predicted octanol–water partition coefficient (Wildman–Crippen LogP) is 3.32. The Labute approximate surface area is 187 Å². The van der Waals surface area contributed by atoms with Crippen molar-refractivity contribution in [2.24, 2.45) is 0 Å². The summed E-state index contributed by atoms with van der Waals surface area (Å²) in [7, 11) is 3.30. The van der Waals surface area contributed by atoms with Gasteiger partial charge in [-0.15, -0.1) is 0 Å². The third-order valence-electron chi connectivity index (χ3n) is 4.39. The number of ketones is 1. The summed E-state index contributed by atoms with van der Waals surface area (Å²) in [5.41, 5.74) is 1.45. The molecule has 0 aromatic heterocycles. The number of rotatable bonds is 11. The Balaban J connectivity index is 1.72. The van der Waals surface area contributed by atoms with E-state index in [0.717, 1.165) is 6.42 Å². The van der Waals surface area contributed by atoms with Gasteiger partial charge >= 0.3 is 5.97 Å². The van der Waals surface area contributed by atoms with Gasteiger partial charge in [-0.25, -0.2) is 0 Å². The Morgan fingerprint density at radius 3 is 2.09 bits per heavy atom. The zero-order chi connectivity index (χ0) is 23.5. The van der Waals surface area contributed by atoms with E-state index in [0.29, 0.717) is 29.2 Å². The number of Topliss-reactive ketones (excluding diaryl/α,β-unsaturated/α-hetero) is 1. The van der Waals surface area contributed by atoms with Gasteiger partial charge in [-0.1, -0.05) is 6.92 Å². The van der Waals surface area contributed by atoms with Crippen molar-refractivity contribution in [2.75, 3.05) is 32.6 Å². The van der Waals surface area contributed by atoms with Gasteiger partial charge < -0.3 is 19.7 Å². The van der Waals surface area contributed by atoms with E-state index in [1.807, 2.05) is 6.92 Å². The van der Waals surface area contributed by atoms with Crippen LogP contribution in [-0.4, -0.2) is 55.8 Å². The highest BCUT2D eigenvalue weighted by molar-refractivity contribution is 5.98. The molecular weight excluding hydrogens is 412 g/mol. The third kappa shape index (κ3) is 7.86. The highest BCUT2D eigenvalue weighted by Gasteiger charge is 2.13. The first-order valence-corrected chi connectivity index (χ1v) is 10.3. The van der Waals surface area contributed by atoms with Crippen LogP contribution in [0.25, 0.3) is 0 Å². The number of benzene rings is 2. The van der Waals surface area contributed by atoms with Gasteiger partial charge in [0.05, 0.1) is 13.0 Å². The van der Waals surface area contributed by atoms with Crippen molar-refractivity contribution in [3.8, 4) is 5.75 Å². The van der Waals surface area contributed by atoms with Crippen LogP contribution in [0, 0.1) is 0 Å². The molecule has 0 saturated heterocycles. The molecule has 2 aromatic rings. The van der Waals surface area contributed by atoms with Gasteiger partial charge in [0.2, 0.25) is 0 Å². The van der Waals surface area contributed by atoms with Crippen molar-refractivity contribution in [1.29, 1.82) is 0 Å². The molecule has 0 aliphatic rings. The van der Waals surface area contributed by atoms with E-state index in [9.17, 15) is 19.2 Å². The van der Waals surface area contributed by atoms with Gasteiger partial charge in [0, 0.05) is 37.3 Å². The quantitative estimate of drug-likeness (QED) is 0.425. The van der Waals surface area contributed by atoms with E-state index in [1.54, 1.807) is 62.6 Å². The maximum atomic E-state index is 12.2. The predicted molar refractivity (Wildman–Crippen MR) is 120 cm³/mol. The van der Waals surface area contributed by atoms with Gasteiger partial charge in [0.15, 0.2) is 12.4 Å². The minimum atomic E-state index is -0.636. The number of hydrogen-bond acceptors (Lipinski definition) is 6. The molecular formula is C24H28N2O6. The number of carbonyl (C=O) groups is 4. The monoisotopic (exact) mass is 440 g/mol. The molecule has 0 fully saturated rings. The summed E-state index contributed by atoms with van der Waals surface area (Å²) in [4.78, 5) is 49.4. The van der Waals surface area contributed by atoms with Crippen molar-refractivity contribution >= 4 is 29.3 Å². The molecule has 170 valence electrons. The molecule has 0 saturated carbocycles. The molecule has 2 amide bonds. The number of amides is 2. The lowest BCUT2D eigenvalue weighted by Gasteiger charge is -2.11. The maximum Gasteiger partial charge on any atom is 0.306 e. The van der Waals surface area contributed by atoms with Gasteiger partial charge in [-0.05, 0) is 55.0 Å². The van der Waals surface area contributed by atoms with E-state index >= 15 is 0 Å². The largest absolute Gasteiger partial charge is 0.494 e. The highest BCUT2D eigenvalue weighted by atomic mass is 16.5. The normalized spacial score (nSPS) is 10.2. The number of nitrogens with zero attached hydrogens (tertiary/aromatic N) is 1. The average Bonchev–Trinajstić information content (AvgIpc) is 2.80. The second-order valence-electron chi connectivity index (χ2n) is 7.28. The van der Waals surface area contributed by atoms with Crippen LogP contribution in [0.1, 0.15) is 46.9 Å². The standard InChI is InChI=1S/C24H28N2O6/c1-4-15-31-20-11-7-17(8-12-20)21(27)13-14-23(29)32-16-22(28)25-19-9-5-18(6-10-19)24(30)26(2)3/h5-12H,4,13-16H2,1-3H3,(H,25,28). The molecule has 8 heteroatoms. The fraction of sp³-hybridized carbons (Fsp3) is 0.333. The Kier molecular flexibility index (Phi) is 9.41. The Morgan fingerprint density at radius 1 is 0.875 bits per heavy atom. The minimum absolute atomic E-state index is 0.0169. The second kappa shape index (κ2) is 12.2. The van der Waals surface area contributed by atoms with Crippen molar-refractivity contribution in [2.45, 2.75) is 26.2 Å². The molecule has 2 aromatic carbocycles. The smallest absolute Gasteiger partial charge is 0.306 e. The fourth-order valence-electron chi connectivity index (χ4n) is 2.69. The summed E-state index contributed by atoms with van der Waals surface area (Å²) in [6, 6.07) is 13.1. The lowest BCUT2D eigenvalue weighted by atomic mass is 10.1. The van der Waals surface area contributed by atoms with E-state index in [-0.39, 0.29) is 24.5 Å². The number of anilines is 1. The topological polar surface area (TPSA) is 102 Å². The Hall–Kier alpha value is -3.68. The van der Waals surface area contributed by atoms with Gasteiger partial charge in [-0.3, -0.25) is 19.2 Å². The number of hydrogen-bond donors (Lipinski definition) is 1. The highest BCUT2D eigenvalue weighted by Crippen LogP contribution is 2.15. The summed E-state index contributed by atoms with van der Waals surface area (Å²) < 4.78 is 10.4. The maximum absolute atomic E-state index is 12.2. The van der Waals surface area contributed by atoms with Crippen LogP contribution >= 0.6 is 0 Å². The van der Waals surface area contributed by atoms with Gasteiger partial charge in [-0.2, -0.15) is 0 Å². The minimum Gasteiger partial charge on any atom is -0.494 e. The first-order valence-electron chi connectivity index (χ1n) is 10.3. The molecule has 8 nitrogen and oxygen atoms in total. The SMILES string of the molecule is CCCOc1ccc(C(=O)CCC(=O)OCC(=O)Nc2ccc(C(=O)N(C)C)cc2)cc1. The molecule has 2 rings (SSSR count). The van der Waals surface area contributed by atoms with Gasteiger partial charge in [0.1, 0.15) is 5.75 Å². The van der Waals surface area contributed by atoms with Gasteiger partial charge in [0.25, 0.3) is 11.8 Å². The number of nitrogens with one attached hydrogen (secondary N) is 1. The lowest BCUT2D eigenvalue weighted by Crippen LogP contribution is -2.22. The molecule has 0 radical (unpaired) electrons. The van der Waals surface area contributed by atoms with Crippen LogP contribution in [-0.2, 0) is 14.3 Å². The molecule has 0 aliphatic heterocycles. The molecule has 0 spiro atoms. The molecule has 0 heterocycles. The summed E-state index contributed by atoms with van der Waals surface area (Å²) in [6.45, 7) is 2.15. The average molecular weight is 440 g/mol. The van der Waals surface area contributed by atoms with Crippen LogP contribution < -0.4 is 10.1 Å². The molecule has 0 atom stereocenters. The van der Waals surface area contributed by atoms with Crippen LogP contribution in [0.3, 0.4) is 0 Å². The van der Waals surface area contributed by atoms with Crippen LogP contribution in [0.4, 0.5) is 5.69 Å². The number of ether oxygens (including phenoxy) is 2. The third-order valence-corrected chi connectivity index (χ3v) is 4.39.